The molecule has 0 aromatic rings. The SMILES string of the molecule is CCCCC1OC(C)=C(C)C1=O. The molecule has 12 heavy (non-hydrogen) atoms. The first kappa shape index (κ1) is 9.30. The van der Waals surface area contributed by atoms with E-state index >= 15 is 0 Å². The zero-order valence-corrected chi connectivity index (χ0v) is 8.02. The van der Waals surface area contributed by atoms with E-state index in [1.165, 1.54) is 0 Å². The van der Waals surface area contributed by atoms with Gasteiger partial charge in [-0.3, -0.25) is 4.79 Å². The predicted octanol–water partition coefficient (Wildman–Crippen LogP) is 2.44. The van der Waals surface area contributed by atoms with Crippen LogP contribution in [0.5, 0.6) is 0 Å². The van der Waals surface area contributed by atoms with Gasteiger partial charge in [0.2, 0.25) is 5.78 Å². The molecule has 0 bridgehead atoms. The lowest BCUT2D eigenvalue weighted by molar-refractivity contribution is -0.121. The Morgan fingerprint density at radius 3 is 2.50 bits per heavy atom. The Morgan fingerprint density at radius 2 is 2.08 bits per heavy atom. The summed E-state index contributed by atoms with van der Waals surface area (Å²) < 4.78 is 5.42. The summed E-state index contributed by atoms with van der Waals surface area (Å²) in [6.45, 7) is 5.81. The maximum atomic E-state index is 11.4. The lowest BCUT2D eigenvalue weighted by Gasteiger charge is -2.08. The molecule has 1 atom stereocenters. The molecule has 1 rings (SSSR count). The number of carbonyl (C=O) groups excluding carboxylic acids is 1. The van der Waals surface area contributed by atoms with Gasteiger partial charge in [-0.1, -0.05) is 13.3 Å². The number of rotatable bonds is 3. The molecule has 0 amide bonds. The van der Waals surface area contributed by atoms with Gasteiger partial charge in [0.1, 0.15) is 5.76 Å². The van der Waals surface area contributed by atoms with Crippen molar-refractivity contribution in [2.75, 3.05) is 0 Å². The summed E-state index contributed by atoms with van der Waals surface area (Å²) >= 11 is 0. The molecule has 0 aromatic carbocycles. The molecule has 1 aliphatic heterocycles. The smallest absolute Gasteiger partial charge is 0.202 e. The predicted molar refractivity (Wildman–Crippen MR) is 47.8 cm³/mol. The van der Waals surface area contributed by atoms with Crippen LogP contribution in [0.3, 0.4) is 0 Å². The average Bonchev–Trinajstić information content (AvgIpc) is 2.30. The van der Waals surface area contributed by atoms with Crippen molar-refractivity contribution in [3.05, 3.63) is 11.3 Å². The first-order valence-corrected chi connectivity index (χ1v) is 4.55. The second-order valence-electron chi connectivity index (χ2n) is 3.29. The molecule has 0 N–H and O–H groups in total. The second-order valence-corrected chi connectivity index (χ2v) is 3.29. The fourth-order valence-corrected chi connectivity index (χ4v) is 1.35. The van der Waals surface area contributed by atoms with Gasteiger partial charge in [-0.25, -0.2) is 0 Å². The normalized spacial score (nSPS) is 23.2. The number of allylic oxidation sites excluding steroid dienone is 1. The van der Waals surface area contributed by atoms with Crippen molar-refractivity contribution in [1.29, 1.82) is 0 Å². The molecule has 0 saturated heterocycles. The summed E-state index contributed by atoms with van der Waals surface area (Å²) in [6.07, 6.45) is 2.87. The molecular weight excluding hydrogens is 152 g/mol. The lowest BCUT2D eigenvalue weighted by Crippen LogP contribution is -2.17. The van der Waals surface area contributed by atoms with E-state index in [1.807, 2.05) is 13.8 Å². The third-order valence-electron chi connectivity index (χ3n) is 2.33. The standard InChI is InChI=1S/C10H16O2/c1-4-5-6-9-10(11)7(2)8(3)12-9/h9H,4-6H2,1-3H3. The Labute approximate surface area is 73.6 Å². The topological polar surface area (TPSA) is 26.3 Å². The van der Waals surface area contributed by atoms with Crippen molar-refractivity contribution in [1.82, 2.24) is 0 Å². The van der Waals surface area contributed by atoms with Crippen LogP contribution in [0.1, 0.15) is 40.0 Å². The van der Waals surface area contributed by atoms with E-state index in [2.05, 4.69) is 6.92 Å². The molecule has 1 unspecified atom stereocenters. The van der Waals surface area contributed by atoms with Crippen LogP contribution in [0, 0.1) is 0 Å². The van der Waals surface area contributed by atoms with Crippen molar-refractivity contribution in [3.8, 4) is 0 Å². The maximum Gasteiger partial charge on any atom is 0.202 e. The minimum Gasteiger partial charge on any atom is -0.487 e. The number of hydrogen-bond acceptors (Lipinski definition) is 2. The van der Waals surface area contributed by atoms with E-state index in [0.29, 0.717) is 0 Å². The van der Waals surface area contributed by atoms with Crippen LogP contribution in [0.2, 0.25) is 0 Å². The van der Waals surface area contributed by atoms with E-state index in [4.69, 9.17) is 4.74 Å². The van der Waals surface area contributed by atoms with Crippen molar-refractivity contribution in [2.24, 2.45) is 0 Å². The summed E-state index contributed by atoms with van der Waals surface area (Å²) in [7, 11) is 0. The molecule has 68 valence electrons. The number of Topliss-reactive ketones (excluding diaryl/α,β-unsaturated/α-hetero) is 1. The fraction of sp³-hybridized carbons (Fsp3) is 0.700. The van der Waals surface area contributed by atoms with Crippen molar-refractivity contribution in [2.45, 2.75) is 46.1 Å². The van der Waals surface area contributed by atoms with Crippen LogP contribution in [0.25, 0.3) is 0 Å². The minimum atomic E-state index is -0.176. The number of hydrogen-bond donors (Lipinski definition) is 0. The van der Waals surface area contributed by atoms with Gasteiger partial charge in [0.05, 0.1) is 0 Å². The number of ether oxygens (including phenoxy) is 1. The lowest BCUT2D eigenvalue weighted by atomic mass is 10.1. The summed E-state index contributed by atoms with van der Waals surface area (Å²) in [5.74, 6) is 0.988. The molecule has 0 fully saturated rings. The summed E-state index contributed by atoms with van der Waals surface area (Å²) in [5.41, 5.74) is 0.802. The minimum absolute atomic E-state index is 0.176. The van der Waals surface area contributed by atoms with Gasteiger partial charge in [-0.05, 0) is 26.7 Å². The summed E-state index contributed by atoms with van der Waals surface area (Å²) in [6, 6.07) is 0. The van der Waals surface area contributed by atoms with E-state index in [9.17, 15) is 4.79 Å². The van der Waals surface area contributed by atoms with Gasteiger partial charge in [0.25, 0.3) is 0 Å². The highest BCUT2D eigenvalue weighted by atomic mass is 16.5. The molecular formula is C10H16O2. The van der Waals surface area contributed by atoms with Crippen LogP contribution in [-0.4, -0.2) is 11.9 Å². The quantitative estimate of drug-likeness (QED) is 0.647. The highest BCUT2D eigenvalue weighted by Crippen LogP contribution is 2.23. The van der Waals surface area contributed by atoms with Gasteiger partial charge >= 0.3 is 0 Å². The molecule has 1 aliphatic rings. The first-order valence-electron chi connectivity index (χ1n) is 4.55. The second kappa shape index (κ2) is 3.74. The van der Waals surface area contributed by atoms with Crippen molar-refractivity contribution >= 4 is 5.78 Å². The van der Waals surface area contributed by atoms with Crippen LogP contribution in [0.15, 0.2) is 11.3 Å². The first-order chi connectivity index (χ1) is 5.66. The van der Waals surface area contributed by atoms with Crippen molar-refractivity contribution in [3.63, 3.8) is 0 Å². The molecule has 0 saturated carbocycles. The molecule has 0 radical (unpaired) electrons. The number of unbranched alkanes of at least 4 members (excludes halogenated alkanes) is 1. The van der Waals surface area contributed by atoms with E-state index in [0.717, 1.165) is 30.6 Å². The summed E-state index contributed by atoms with van der Waals surface area (Å²) in [4.78, 5) is 11.4. The summed E-state index contributed by atoms with van der Waals surface area (Å²) in [5, 5.41) is 0. The highest BCUT2D eigenvalue weighted by Gasteiger charge is 2.29. The zero-order valence-electron chi connectivity index (χ0n) is 8.02. The van der Waals surface area contributed by atoms with Crippen LogP contribution in [-0.2, 0) is 9.53 Å². The molecule has 2 heteroatoms. The van der Waals surface area contributed by atoms with Crippen molar-refractivity contribution < 1.29 is 9.53 Å². The monoisotopic (exact) mass is 168 g/mol. The molecule has 1 heterocycles. The number of carbonyl (C=O) groups is 1. The number of ketones is 1. The van der Waals surface area contributed by atoms with Crippen LogP contribution in [0.4, 0.5) is 0 Å². The Morgan fingerprint density at radius 1 is 1.42 bits per heavy atom. The molecule has 0 aliphatic carbocycles. The van der Waals surface area contributed by atoms with Crippen LogP contribution < -0.4 is 0 Å². The fourth-order valence-electron chi connectivity index (χ4n) is 1.35. The Kier molecular flexibility index (Phi) is 2.90. The third kappa shape index (κ3) is 1.68. The largest absolute Gasteiger partial charge is 0.487 e. The Hall–Kier alpha value is -0.790. The van der Waals surface area contributed by atoms with Gasteiger partial charge < -0.3 is 4.74 Å². The average molecular weight is 168 g/mol. The van der Waals surface area contributed by atoms with Gasteiger partial charge in [0.15, 0.2) is 6.10 Å². The van der Waals surface area contributed by atoms with E-state index in [1.54, 1.807) is 0 Å². The molecule has 2 nitrogen and oxygen atoms in total. The molecule has 0 spiro atoms. The Balaban J connectivity index is 2.49. The van der Waals surface area contributed by atoms with Crippen LogP contribution >= 0.6 is 0 Å². The zero-order chi connectivity index (χ0) is 9.14. The molecule has 0 aromatic heterocycles. The maximum absolute atomic E-state index is 11.4. The Bertz CT molecular complexity index is 216. The third-order valence-corrected chi connectivity index (χ3v) is 2.33. The van der Waals surface area contributed by atoms with Gasteiger partial charge in [-0.15, -0.1) is 0 Å². The van der Waals surface area contributed by atoms with Gasteiger partial charge in [0, 0.05) is 5.57 Å². The van der Waals surface area contributed by atoms with E-state index in [-0.39, 0.29) is 11.9 Å². The highest BCUT2D eigenvalue weighted by molar-refractivity contribution is 6.00. The van der Waals surface area contributed by atoms with E-state index < -0.39 is 0 Å². The van der Waals surface area contributed by atoms with Gasteiger partial charge in [-0.2, -0.15) is 0 Å².